The average molecular weight is 473 g/mol. The molecule has 32 heavy (non-hydrogen) atoms. The van der Waals surface area contributed by atoms with Crippen molar-refractivity contribution in [3.8, 4) is 11.5 Å². The van der Waals surface area contributed by atoms with Gasteiger partial charge in [0.25, 0.3) is 5.69 Å². The number of rotatable bonds is 19. The second-order valence-electron chi connectivity index (χ2n) is 7.21. The SMILES string of the molecule is CCCCOc1cc([N+](=O)[O-])c(CNCCCC[Si](OCC)(OCC)OCC)cc1OC. The highest BCUT2D eigenvalue weighted by molar-refractivity contribution is 6.60. The fourth-order valence-electron chi connectivity index (χ4n) is 3.32. The van der Waals surface area contributed by atoms with Gasteiger partial charge in [0.2, 0.25) is 0 Å². The molecule has 0 aliphatic rings. The van der Waals surface area contributed by atoms with Crippen molar-refractivity contribution in [1.29, 1.82) is 0 Å². The van der Waals surface area contributed by atoms with E-state index in [2.05, 4.69) is 12.2 Å². The highest BCUT2D eigenvalue weighted by atomic mass is 28.4. The Hall–Kier alpha value is -1.72. The van der Waals surface area contributed by atoms with Crippen LogP contribution in [0.4, 0.5) is 5.69 Å². The molecule has 1 aromatic rings. The van der Waals surface area contributed by atoms with Crippen LogP contribution in [-0.4, -0.2) is 53.8 Å². The van der Waals surface area contributed by atoms with Gasteiger partial charge < -0.3 is 28.1 Å². The van der Waals surface area contributed by atoms with Gasteiger partial charge in [0.05, 0.1) is 24.7 Å². The summed E-state index contributed by atoms with van der Waals surface area (Å²) in [5.74, 6) is 0.907. The highest BCUT2D eigenvalue weighted by Crippen LogP contribution is 2.35. The number of methoxy groups -OCH3 is 1. The van der Waals surface area contributed by atoms with Gasteiger partial charge in [0.1, 0.15) is 0 Å². The van der Waals surface area contributed by atoms with Crippen molar-refractivity contribution in [1.82, 2.24) is 5.32 Å². The van der Waals surface area contributed by atoms with Crippen LogP contribution in [-0.2, 0) is 19.8 Å². The molecule has 0 aliphatic carbocycles. The fourth-order valence-corrected chi connectivity index (χ4v) is 6.00. The van der Waals surface area contributed by atoms with Crippen LogP contribution in [0.5, 0.6) is 11.5 Å². The summed E-state index contributed by atoms with van der Waals surface area (Å²) in [7, 11) is -1.09. The summed E-state index contributed by atoms with van der Waals surface area (Å²) in [5.41, 5.74) is 0.594. The maximum atomic E-state index is 11.6. The van der Waals surface area contributed by atoms with Crippen LogP contribution < -0.4 is 14.8 Å². The normalized spacial score (nSPS) is 11.5. The third-order valence-electron chi connectivity index (χ3n) is 4.81. The van der Waals surface area contributed by atoms with E-state index in [0.29, 0.717) is 56.6 Å². The first-order chi connectivity index (χ1) is 15.5. The first kappa shape index (κ1) is 28.3. The molecule has 0 saturated carbocycles. The zero-order valence-corrected chi connectivity index (χ0v) is 21.2. The molecule has 0 radical (unpaired) electrons. The van der Waals surface area contributed by atoms with Crippen LogP contribution in [0, 0.1) is 10.1 Å². The van der Waals surface area contributed by atoms with Gasteiger partial charge in [0, 0.05) is 38.0 Å². The molecule has 0 spiro atoms. The standard InChI is InChI=1S/C22H40N2O7Si/c1-6-10-14-28-22-17-20(24(25)26)19(16-21(22)27-5)18-23-13-11-12-15-32(29-7-2,30-8-3)31-9-4/h16-17,23H,6-15,18H2,1-5H3. The Morgan fingerprint density at radius 1 is 0.969 bits per heavy atom. The maximum Gasteiger partial charge on any atom is 0.500 e. The fraction of sp³-hybridized carbons (Fsp3) is 0.727. The lowest BCUT2D eigenvalue weighted by Gasteiger charge is -2.28. The van der Waals surface area contributed by atoms with E-state index >= 15 is 0 Å². The third kappa shape index (κ3) is 9.41. The summed E-state index contributed by atoms with van der Waals surface area (Å²) in [6.07, 6.45) is 3.62. The lowest BCUT2D eigenvalue weighted by Crippen LogP contribution is -2.46. The van der Waals surface area contributed by atoms with E-state index in [1.165, 1.54) is 13.2 Å². The van der Waals surface area contributed by atoms with Gasteiger partial charge in [-0.05, 0) is 52.6 Å². The minimum absolute atomic E-state index is 0.0280. The average Bonchev–Trinajstić information content (AvgIpc) is 2.77. The number of nitrogens with one attached hydrogen (secondary N) is 1. The third-order valence-corrected chi connectivity index (χ3v) is 7.96. The Bertz CT molecular complexity index is 659. The molecule has 1 aromatic carbocycles. The summed E-state index contributed by atoms with van der Waals surface area (Å²) >= 11 is 0. The minimum Gasteiger partial charge on any atom is -0.493 e. The Morgan fingerprint density at radius 2 is 1.62 bits per heavy atom. The van der Waals surface area contributed by atoms with E-state index < -0.39 is 8.80 Å². The monoisotopic (exact) mass is 472 g/mol. The molecule has 0 heterocycles. The summed E-state index contributed by atoms with van der Waals surface area (Å²) < 4.78 is 28.7. The van der Waals surface area contributed by atoms with E-state index in [-0.39, 0.29) is 10.6 Å². The quantitative estimate of drug-likeness (QED) is 0.134. The molecule has 0 bridgehead atoms. The first-order valence-corrected chi connectivity index (χ1v) is 13.5. The smallest absolute Gasteiger partial charge is 0.493 e. The Balaban J connectivity index is 2.66. The van der Waals surface area contributed by atoms with E-state index in [0.717, 1.165) is 31.7 Å². The number of hydrogen-bond acceptors (Lipinski definition) is 8. The Morgan fingerprint density at radius 3 is 2.16 bits per heavy atom. The van der Waals surface area contributed by atoms with Crippen LogP contribution in [0.2, 0.25) is 6.04 Å². The van der Waals surface area contributed by atoms with Crippen molar-refractivity contribution in [3.63, 3.8) is 0 Å². The van der Waals surface area contributed by atoms with Crippen LogP contribution in [0.3, 0.4) is 0 Å². The first-order valence-electron chi connectivity index (χ1n) is 11.6. The number of benzene rings is 1. The predicted molar refractivity (Wildman–Crippen MR) is 126 cm³/mol. The molecule has 9 nitrogen and oxygen atoms in total. The van der Waals surface area contributed by atoms with Gasteiger partial charge in [0.15, 0.2) is 11.5 Å². The van der Waals surface area contributed by atoms with Gasteiger partial charge in [-0.15, -0.1) is 0 Å². The summed E-state index contributed by atoms with van der Waals surface area (Å²) in [5, 5.41) is 14.9. The molecular weight excluding hydrogens is 432 g/mol. The molecule has 1 N–H and O–H groups in total. The molecule has 0 atom stereocenters. The number of nitro benzene ring substituents is 1. The van der Waals surface area contributed by atoms with Gasteiger partial charge >= 0.3 is 8.80 Å². The van der Waals surface area contributed by atoms with Crippen LogP contribution >= 0.6 is 0 Å². The lowest BCUT2D eigenvalue weighted by atomic mass is 10.1. The molecule has 184 valence electrons. The van der Waals surface area contributed by atoms with Crippen molar-refractivity contribution in [2.24, 2.45) is 0 Å². The molecule has 0 fully saturated rings. The molecule has 0 amide bonds. The summed E-state index contributed by atoms with van der Waals surface area (Å²) in [6.45, 7) is 11.2. The topological polar surface area (TPSA) is 101 Å². The highest BCUT2D eigenvalue weighted by Gasteiger charge is 2.39. The van der Waals surface area contributed by atoms with Gasteiger partial charge in [-0.3, -0.25) is 10.1 Å². The molecule has 0 aliphatic heterocycles. The molecular formula is C22H40N2O7Si. The van der Waals surface area contributed by atoms with Gasteiger partial charge in [-0.25, -0.2) is 0 Å². The number of unbranched alkanes of at least 4 members (excludes halogenated alkanes) is 2. The van der Waals surface area contributed by atoms with Crippen molar-refractivity contribution < 1.29 is 27.7 Å². The van der Waals surface area contributed by atoms with Crippen molar-refractivity contribution in [2.45, 2.75) is 66.0 Å². The number of ether oxygens (including phenoxy) is 2. The largest absolute Gasteiger partial charge is 0.500 e. The van der Waals surface area contributed by atoms with Crippen LogP contribution in [0.15, 0.2) is 12.1 Å². The van der Waals surface area contributed by atoms with Crippen molar-refractivity contribution in [2.75, 3.05) is 40.1 Å². The molecule has 0 aromatic heterocycles. The number of hydrogen-bond donors (Lipinski definition) is 1. The van der Waals surface area contributed by atoms with Gasteiger partial charge in [-0.2, -0.15) is 0 Å². The molecule has 0 saturated heterocycles. The van der Waals surface area contributed by atoms with Crippen LogP contribution in [0.1, 0.15) is 58.9 Å². The summed E-state index contributed by atoms with van der Waals surface area (Å²) in [6, 6.07) is 3.89. The molecule has 10 heteroatoms. The second-order valence-corrected chi connectivity index (χ2v) is 9.94. The zero-order chi connectivity index (χ0) is 23.8. The predicted octanol–water partition coefficient (Wildman–Crippen LogP) is 4.70. The number of nitrogens with zero attached hydrogens (tertiary/aromatic N) is 1. The second kappa shape index (κ2) is 16.0. The lowest BCUT2D eigenvalue weighted by molar-refractivity contribution is -0.385. The van der Waals surface area contributed by atoms with E-state index in [1.54, 1.807) is 6.07 Å². The number of nitro groups is 1. The summed E-state index contributed by atoms with van der Waals surface area (Å²) in [4.78, 5) is 11.2. The van der Waals surface area contributed by atoms with E-state index in [4.69, 9.17) is 22.8 Å². The van der Waals surface area contributed by atoms with Gasteiger partial charge in [-0.1, -0.05) is 13.3 Å². The molecule has 1 rings (SSSR count). The maximum absolute atomic E-state index is 11.6. The van der Waals surface area contributed by atoms with Crippen molar-refractivity contribution >= 4 is 14.5 Å². The van der Waals surface area contributed by atoms with Crippen LogP contribution in [0.25, 0.3) is 0 Å². The minimum atomic E-state index is -2.62. The Kier molecular flexibility index (Phi) is 14.1. The molecule has 0 unspecified atom stereocenters. The Labute approximate surface area is 193 Å². The zero-order valence-electron chi connectivity index (χ0n) is 20.2. The van der Waals surface area contributed by atoms with E-state index in [9.17, 15) is 10.1 Å². The van der Waals surface area contributed by atoms with E-state index in [1.807, 2.05) is 20.8 Å². The van der Waals surface area contributed by atoms with Crippen molar-refractivity contribution in [3.05, 3.63) is 27.8 Å².